The highest BCUT2D eigenvalue weighted by Crippen LogP contribution is 2.36. The van der Waals surface area contributed by atoms with Crippen molar-refractivity contribution in [3.05, 3.63) is 58.8 Å². The van der Waals surface area contributed by atoms with E-state index in [9.17, 15) is 14.9 Å². The fourth-order valence-electron chi connectivity index (χ4n) is 3.77. The number of hydrogen-bond donors (Lipinski definition) is 0. The molecule has 1 aliphatic carbocycles. The van der Waals surface area contributed by atoms with Gasteiger partial charge < -0.3 is 0 Å². The number of aromatic nitrogens is 1. The Morgan fingerprint density at radius 2 is 2.00 bits per heavy atom. The second kappa shape index (κ2) is 7.16. The molecule has 5 nitrogen and oxygen atoms in total. The lowest BCUT2D eigenvalue weighted by Gasteiger charge is -2.25. The molecule has 27 heavy (non-hydrogen) atoms. The Kier molecular flexibility index (Phi) is 4.71. The van der Waals surface area contributed by atoms with Crippen LogP contribution in [0.5, 0.6) is 0 Å². The van der Waals surface area contributed by atoms with Crippen molar-refractivity contribution in [3.8, 4) is 6.07 Å². The Morgan fingerprint density at radius 1 is 1.22 bits per heavy atom. The van der Waals surface area contributed by atoms with Gasteiger partial charge in [-0.2, -0.15) is 5.26 Å². The summed E-state index contributed by atoms with van der Waals surface area (Å²) in [5.41, 5.74) is 3.93. The maximum Gasteiger partial charge on any atom is 0.242 e. The number of imide groups is 1. The third-order valence-electron chi connectivity index (χ3n) is 5.34. The first-order valence-electron chi connectivity index (χ1n) is 9.01. The van der Waals surface area contributed by atoms with E-state index in [0.29, 0.717) is 16.5 Å². The Bertz CT molecular complexity index is 952. The van der Waals surface area contributed by atoms with E-state index in [4.69, 9.17) is 4.98 Å². The van der Waals surface area contributed by atoms with Crippen molar-refractivity contribution < 1.29 is 9.59 Å². The molecule has 2 aromatic rings. The molecule has 0 saturated carbocycles. The van der Waals surface area contributed by atoms with E-state index >= 15 is 0 Å². The van der Waals surface area contributed by atoms with Crippen molar-refractivity contribution in [1.29, 1.82) is 5.26 Å². The summed E-state index contributed by atoms with van der Waals surface area (Å²) in [5, 5.41) is 9.66. The highest BCUT2D eigenvalue weighted by molar-refractivity contribution is 8.00. The van der Waals surface area contributed by atoms with Crippen molar-refractivity contribution in [2.24, 2.45) is 0 Å². The maximum atomic E-state index is 12.2. The number of aryl methyl sites for hydroxylation is 1. The third kappa shape index (κ3) is 3.35. The minimum Gasteiger partial charge on any atom is -0.285 e. The van der Waals surface area contributed by atoms with Crippen LogP contribution in [0, 0.1) is 11.3 Å². The molecule has 2 heterocycles. The first kappa shape index (κ1) is 17.7. The number of nitriles is 1. The fourth-order valence-corrected chi connectivity index (χ4v) is 4.92. The summed E-state index contributed by atoms with van der Waals surface area (Å²) in [5.74, 6) is 0.0467. The topological polar surface area (TPSA) is 74.1 Å². The van der Waals surface area contributed by atoms with Gasteiger partial charge in [0.2, 0.25) is 11.8 Å². The number of nitrogens with zero attached hydrogens (tertiary/aromatic N) is 3. The highest BCUT2D eigenvalue weighted by atomic mass is 32.2. The predicted molar refractivity (Wildman–Crippen MR) is 102 cm³/mol. The molecule has 0 N–H and O–H groups in total. The summed E-state index contributed by atoms with van der Waals surface area (Å²) in [7, 11) is 1.50. The number of rotatable bonds is 3. The predicted octanol–water partition coefficient (Wildman–Crippen LogP) is 3.08. The number of hydrogen-bond acceptors (Lipinski definition) is 5. The average molecular weight is 377 g/mol. The minimum absolute atomic E-state index is 0.166. The van der Waals surface area contributed by atoms with Gasteiger partial charge in [0.15, 0.2) is 0 Å². The fraction of sp³-hybridized carbons (Fsp3) is 0.333. The Hall–Kier alpha value is -2.65. The number of thioether (sulfide) groups is 1. The standard InChI is InChI=1S/C21H19N3O2S/c1-24-19(25)11-18(21(24)26)27-20-16(12-22)10-15-9-14(7-8-17(15)23-20)13-5-3-2-4-6-13/h2-6,10,14,18H,7-9,11H2,1H3. The molecule has 4 rings (SSSR count). The Morgan fingerprint density at radius 3 is 2.67 bits per heavy atom. The quantitative estimate of drug-likeness (QED) is 0.769. The van der Waals surface area contributed by atoms with E-state index in [2.05, 4.69) is 30.3 Å². The van der Waals surface area contributed by atoms with Crippen LogP contribution in [0.2, 0.25) is 0 Å². The lowest BCUT2D eigenvalue weighted by atomic mass is 9.82. The normalized spacial score (nSPS) is 21.9. The van der Waals surface area contributed by atoms with E-state index in [1.807, 2.05) is 12.1 Å². The van der Waals surface area contributed by atoms with Gasteiger partial charge in [-0.25, -0.2) is 4.98 Å². The second-order valence-electron chi connectivity index (χ2n) is 7.01. The van der Waals surface area contributed by atoms with Crippen LogP contribution in [0.15, 0.2) is 41.4 Å². The summed E-state index contributed by atoms with van der Waals surface area (Å²) in [6.07, 6.45) is 2.91. The van der Waals surface area contributed by atoms with Crippen LogP contribution in [0.4, 0.5) is 0 Å². The zero-order valence-electron chi connectivity index (χ0n) is 15.0. The highest BCUT2D eigenvalue weighted by Gasteiger charge is 2.37. The molecule has 0 spiro atoms. The van der Waals surface area contributed by atoms with E-state index in [0.717, 1.165) is 35.4 Å². The third-order valence-corrected chi connectivity index (χ3v) is 6.52. The van der Waals surface area contributed by atoms with Crippen LogP contribution in [0.3, 0.4) is 0 Å². The number of fused-ring (bicyclic) bond motifs is 1. The van der Waals surface area contributed by atoms with Crippen LogP contribution in [0.1, 0.15) is 41.1 Å². The molecule has 2 unspecified atom stereocenters. The number of pyridine rings is 1. The van der Waals surface area contributed by atoms with Crippen LogP contribution in [-0.4, -0.2) is 34.0 Å². The summed E-state index contributed by atoms with van der Waals surface area (Å²) in [4.78, 5) is 29.8. The monoisotopic (exact) mass is 377 g/mol. The first-order chi connectivity index (χ1) is 13.1. The number of benzene rings is 1. The molecule has 2 atom stereocenters. The average Bonchev–Trinajstić information content (AvgIpc) is 2.94. The van der Waals surface area contributed by atoms with Crippen molar-refractivity contribution in [1.82, 2.24) is 9.88 Å². The van der Waals surface area contributed by atoms with Crippen molar-refractivity contribution in [2.75, 3.05) is 7.05 Å². The smallest absolute Gasteiger partial charge is 0.242 e. The summed E-state index contributed by atoms with van der Waals surface area (Å²) >= 11 is 1.24. The molecule has 1 fully saturated rings. The van der Waals surface area contributed by atoms with Gasteiger partial charge in [-0.05, 0) is 42.4 Å². The van der Waals surface area contributed by atoms with Crippen molar-refractivity contribution >= 4 is 23.6 Å². The molecule has 1 aliphatic heterocycles. The van der Waals surface area contributed by atoms with Gasteiger partial charge >= 0.3 is 0 Å². The summed E-state index contributed by atoms with van der Waals surface area (Å²) < 4.78 is 0. The molecular weight excluding hydrogens is 358 g/mol. The second-order valence-corrected chi connectivity index (χ2v) is 8.20. The zero-order chi connectivity index (χ0) is 19.0. The van der Waals surface area contributed by atoms with Gasteiger partial charge in [-0.3, -0.25) is 14.5 Å². The molecule has 6 heteroatoms. The molecule has 0 radical (unpaired) electrons. The van der Waals surface area contributed by atoms with Crippen molar-refractivity contribution in [3.63, 3.8) is 0 Å². The van der Waals surface area contributed by atoms with Crippen LogP contribution < -0.4 is 0 Å². The maximum absolute atomic E-state index is 12.2. The molecule has 1 saturated heterocycles. The molecule has 2 aliphatic rings. The first-order valence-corrected chi connectivity index (χ1v) is 9.89. The number of likely N-dealkylation sites (tertiary alicyclic amines) is 1. The summed E-state index contributed by atoms with van der Waals surface area (Å²) in [6.45, 7) is 0. The molecule has 0 bridgehead atoms. The van der Waals surface area contributed by atoms with E-state index in [1.165, 1.54) is 24.4 Å². The summed E-state index contributed by atoms with van der Waals surface area (Å²) in [6, 6.07) is 14.6. The SMILES string of the molecule is CN1C(=O)CC(Sc2nc3c(cc2C#N)CC(c2ccccc2)CC3)C1=O. The van der Waals surface area contributed by atoms with Crippen LogP contribution in [-0.2, 0) is 22.4 Å². The van der Waals surface area contributed by atoms with Gasteiger partial charge in [0, 0.05) is 19.2 Å². The molecule has 136 valence electrons. The lowest BCUT2D eigenvalue weighted by Crippen LogP contribution is -2.26. The van der Waals surface area contributed by atoms with E-state index < -0.39 is 5.25 Å². The number of amides is 2. The molecule has 2 amide bonds. The Labute approximate surface area is 162 Å². The molecule has 1 aromatic carbocycles. The van der Waals surface area contributed by atoms with Gasteiger partial charge in [-0.15, -0.1) is 0 Å². The van der Waals surface area contributed by atoms with E-state index in [-0.39, 0.29) is 18.2 Å². The van der Waals surface area contributed by atoms with Crippen LogP contribution in [0.25, 0.3) is 0 Å². The largest absolute Gasteiger partial charge is 0.285 e. The van der Waals surface area contributed by atoms with Gasteiger partial charge in [0.25, 0.3) is 0 Å². The van der Waals surface area contributed by atoms with Gasteiger partial charge in [-0.1, -0.05) is 42.1 Å². The number of carbonyl (C=O) groups is 2. The lowest BCUT2D eigenvalue weighted by molar-refractivity contribution is -0.136. The Balaban J connectivity index is 1.59. The van der Waals surface area contributed by atoms with Gasteiger partial charge in [0.05, 0.1) is 10.8 Å². The van der Waals surface area contributed by atoms with Crippen molar-refractivity contribution in [2.45, 2.75) is 41.9 Å². The molecular formula is C21H19N3O2S. The minimum atomic E-state index is -0.485. The van der Waals surface area contributed by atoms with E-state index in [1.54, 1.807) is 0 Å². The zero-order valence-corrected chi connectivity index (χ0v) is 15.8. The van der Waals surface area contributed by atoms with Gasteiger partial charge in [0.1, 0.15) is 11.1 Å². The molecule has 1 aromatic heterocycles. The van der Waals surface area contributed by atoms with Crippen LogP contribution >= 0.6 is 11.8 Å². The number of carbonyl (C=O) groups excluding carboxylic acids is 2.